The number of hydrogen-bond acceptors (Lipinski definition) is 3. The van der Waals surface area contributed by atoms with Crippen LogP contribution in [0.3, 0.4) is 0 Å². The molecule has 0 radical (unpaired) electrons. The Labute approximate surface area is 190 Å². The van der Waals surface area contributed by atoms with E-state index in [2.05, 4.69) is 10.1 Å². The predicted octanol–water partition coefficient (Wildman–Crippen LogP) is 6.22. The number of hydrogen-bond donors (Lipinski definition) is 2. The summed E-state index contributed by atoms with van der Waals surface area (Å²) in [6.07, 6.45) is 1.35. The zero-order valence-electron chi connectivity index (χ0n) is 17.9. The number of ether oxygens (including phenoxy) is 1. The first kappa shape index (κ1) is 24.0. The van der Waals surface area contributed by atoms with Gasteiger partial charge in [0.05, 0.1) is 17.0 Å². The molecule has 2 N–H and O–H groups in total. The highest BCUT2D eigenvalue weighted by molar-refractivity contribution is 6.30. The molecule has 0 saturated heterocycles. The number of halogens is 3. The van der Waals surface area contributed by atoms with Gasteiger partial charge in [0.1, 0.15) is 0 Å². The maximum atomic E-state index is 13.7. The average Bonchev–Trinajstić information content (AvgIpc) is 2.75. The van der Waals surface area contributed by atoms with Crippen LogP contribution in [-0.2, 0) is 15.0 Å². The molecule has 2 aromatic rings. The maximum absolute atomic E-state index is 13.7. The first-order chi connectivity index (χ1) is 15.1. The van der Waals surface area contributed by atoms with Gasteiger partial charge in [-0.15, -0.1) is 0 Å². The molecule has 1 fully saturated rings. The van der Waals surface area contributed by atoms with E-state index in [9.17, 15) is 23.5 Å². The Kier molecular flexibility index (Phi) is 7.39. The second kappa shape index (κ2) is 9.86. The summed E-state index contributed by atoms with van der Waals surface area (Å²) in [5.74, 6) is -1.86. The second-order valence-corrected chi connectivity index (χ2v) is 8.85. The van der Waals surface area contributed by atoms with Crippen molar-refractivity contribution < 1.29 is 28.2 Å². The fourth-order valence-corrected chi connectivity index (χ4v) is 4.61. The van der Waals surface area contributed by atoms with Crippen molar-refractivity contribution in [2.45, 2.75) is 57.5 Å². The Morgan fingerprint density at radius 3 is 2.41 bits per heavy atom. The third kappa shape index (κ3) is 5.04. The molecule has 0 aromatic heterocycles. The number of rotatable bonds is 7. The van der Waals surface area contributed by atoms with Crippen molar-refractivity contribution in [3.8, 4) is 5.75 Å². The van der Waals surface area contributed by atoms with Gasteiger partial charge >= 0.3 is 12.6 Å². The van der Waals surface area contributed by atoms with Crippen LogP contribution in [0.4, 0.5) is 14.5 Å². The van der Waals surface area contributed by atoms with E-state index < -0.39 is 23.9 Å². The molecule has 0 unspecified atom stereocenters. The Bertz CT molecular complexity index is 988. The number of benzene rings is 2. The summed E-state index contributed by atoms with van der Waals surface area (Å²) < 4.78 is 30.3. The number of anilines is 1. The molecule has 0 heterocycles. The van der Waals surface area contributed by atoms with Crippen LogP contribution in [0.15, 0.2) is 42.5 Å². The molecule has 1 aliphatic rings. The van der Waals surface area contributed by atoms with E-state index in [0.29, 0.717) is 25.7 Å². The lowest BCUT2D eigenvalue weighted by molar-refractivity contribution is -0.144. The van der Waals surface area contributed by atoms with Gasteiger partial charge < -0.3 is 15.2 Å². The summed E-state index contributed by atoms with van der Waals surface area (Å²) in [6, 6.07) is 11.7. The Morgan fingerprint density at radius 2 is 1.81 bits per heavy atom. The molecule has 172 valence electrons. The highest BCUT2D eigenvalue weighted by atomic mass is 35.5. The van der Waals surface area contributed by atoms with Crippen LogP contribution in [0, 0.1) is 5.92 Å². The third-order valence-electron chi connectivity index (χ3n) is 6.13. The van der Waals surface area contributed by atoms with E-state index in [1.807, 2.05) is 38.1 Å². The first-order valence-electron chi connectivity index (χ1n) is 10.5. The normalized spacial score (nSPS) is 20.9. The van der Waals surface area contributed by atoms with Gasteiger partial charge in [-0.2, -0.15) is 8.78 Å². The Balaban J connectivity index is 2.02. The molecule has 0 atom stereocenters. The minimum Gasteiger partial charge on any atom is -0.481 e. The van der Waals surface area contributed by atoms with Crippen molar-refractivity contribution in [2.75, 3.05) is 5.32 Å². The van der Waals surface area contributed by atoms with Crippen LogP contribution in [0.25, 0.3) is 0 Å². The molecule has 5 nitrogen and oxygen atoms in total. The smallest absolute Gasteiger partial charge is 0.387 e. The lowest BCUT2D eigenvalue weighted by atomic mass is 9.64. The fraction of sp³-hybridized carbons (Fsp3) is 0.417. The summed E-state index contributed by atoms with van der Waals surface area (Å²) >= 11 is 5.92. The maximum Gasteiger partial charge on any atom is 0.387 e. The molecular weight excluding hydrogens is 440 g/mol. The highest BCUT2D eigenvalue weighted by Crippen LogP contribution is 2.45. The number of carbonyl (C=O) groups excluding carboxylic acids is 1. The van der Waals surface area contributed by atoms with Crippen molar-refractivity contribution in [1.29, 1.82) is 0 Å². The first-order valence-corrected chi connectivity index (χ1v) is 10.9. The van der Waals surface area contributed by atoms with Gasteiger partial charge in [0.25, 0.3) is 0 Å². The minimum absolute atomic E-state index is 0.0847. The van der Waals surface area contributed by atoms with Crippen molar-refractivity contribution >= 4 is 29.2 Å². The molecule has 1 aliphatic carbocycles. The molecule has 8 heteroatoms. The van der Waals surface area contributed by atoms with Crippen LogP contribution in [0.1, 0.15) is 56.6 Å². The number of aliphatic carboxylic acids is 1. The zero-order valence-corrected chi connectivity index (χ0v) is 18.7. The Morgan fingerprint density at radius 1 is 1.16 bits per heavy atom. The summed E-state index contributed by atoms with van der Waals surface area (Å²) in [7, 11) is 0. The molecule has 1 amide bonds. The number of carboxylic acids is 1. The molecule has 0 bridgehead atoms. The van der Waals surface area contributed by atoms with Gasteiger partial charge in [-0.3, -0.25) is 9.59 Å². The summed E-state index contributed by atoms with van der Waals surface area (Å²) in [5.41, 5.74) is 0.925. The van der Waals surface area contributed by atoms with Gasteiger partial charge in [-0.05, 0) is 54.9 Å². The molecular formula is C24H26ClF2NO4. The summed E-state index contributed by atoms with van der Waals surface area (Å²) in [4.78, 5) is 25.2. The average molecular weight is 466 g/mol. The van der Waals surface area contributed by atoms with Gasteiger partial charge in [0.2, 0.25) is 5.91 Å². The number of alkyl halides is 2. The third-order valence-corrected chi connectivity index (χ3v) is 6.36. The molecule has 1 saturated carbocycles. The topological polar surface area (TPSA) is 75.6 Å². The molecule has 0 aliphatic heterocycles. The number of nitrogens with one attached hydrogen (secondary N) is 1. The second-order valence-electron chi connectivity index (χ2n) is 8.41. The van der Waals surface area contributed by atoms with Crippen molar-refractivity contribution in [3.63, 3.8) is 0 Å². The van der Waals surface area contributed by atoms with E-state index >= 15 is 0 Å². The molecule has 3 rings (SSSR count). The van der Waals surface area contributed by atoms with E-state index in [4.69, 9.17) is 11.6 Å². The predicted molar refractivity (Wildman–Crippen MR) is 119 cm³/mol. The van der Waals surface area contributed by atoms with Gasteiger partial charge in [0, 0.05) is 11.1 Å². The number of carbonyl (C=O) groups is 2. The number of amides is 1. The molecule has 0 spiro atoms. The lowest BCUT2D eigenvalue weighted by Gasteiger charge is -2.40. The zero-order chi connectivity index (χ0) is 23.5. The van der Waals surface area contributed by atoms with Crippen LogP contribution in [0.5, 0.6) is 5.75 Å². The summed E-state index contributed by atoms with van der Waals surface area (Å²) in [6.45, 7) is 0.980. The molecule has 32 heavy (non-hydrogen) atoms. The van der Waals surface area contributed by atoms with E-state index in [0.717, 1.165) is 11.1 Å². The number of carboxylic acid groups (broad SMARTS) is 1. The van der Waals surface area contributed by atoms with Gasteiger partial charge in [-0.25, -0.2) is 0 Å². The summed E-state index contributed by atoms with van der Waals surface area (Å²) in [5, 5.41) is 12.4. The SMILES string of the molecule is CC(C)c1ccccc1C1(C(=O)Nc2ccc(Cl)cc2OC(F)F)CCC(C(=O)O)CC1. The van der Waals surface area contributed by atoms with Crippen molar-refractivity contribution in [3.05, 3.63) is 58.6 Å². The quantitative estimate of drug-likeness (QED) is 0.509. The van der Waals surface area contributed by atoms with E-state index in [1.54, 1.807) is 0 Å². The van der Waals surface area contributed by atoms with Crippen LogP contribution < -0.4 is 10.1 Å². The van der Waals surface area contributed by atoms with E-state index in [1.165, 1.54) is 18.2 Å². The van der Waals surface area contributed by atoms with Crippen LogP contribution >= 0.6 is 11.6 Å². The van der Waals surface area contributed by atoms with Crippen molar-refractivity contribution in [1.82, 2.24) is 0 Å². The Hall–Kier alpha value is -2.67. The van der Waals surface area contributed by atoms with Gasteiger partial charge in [-0.1, -0.05) is 49.7 Å². The lowest BCUT2D eigenvalue weighted by Crippen LogP contribution is -2.45. The largest absolute Gasteiger partial charge is 0.481 e. The standard InChI is InChI=1S/C24H26ClF2NO4/c1-14(2)17-5-3-4-6-18(17)24(11-9-15(10-12-24)21(29)30)22(31)28-19-8-7-16(25)13-20(19)32-23(26)27/h3-8,13-15,23H,9-12H2,1-2H3,(H,28,31)(H,29,30). The minimum atomic E-state index is -3.08. The van der Waals surface area contributed by atoms with E-state index in [-0.39, 0.29) is 28.3 Å². The van der Waals surface area contributed by atoms with Crippen molar-refractivity contribution in [2.24, 2.45) is 5.92 Å². The van der Waals surface area contributed by atoms with Gasteiger partial charge in [0.15, 0.2) is 5.75 Å². The van der Waals surface area contributed by atoms with Crippen LogP contribution in [0.2, 0.25) is 5.02 Å². The molecule has 2 aromatic carbocycles. The fourth-order valence-electron chi connectivity index (χ4n) is 4.45. The highest BCUT2D eigenvalue weighted by Gasteiger charge is 2.46. The monoisotopic (exact) mass is 465 g/mol. The van der Waals surface area contributed by atoms with Crippen LogP contribution in [-0.4, -0.2) is 23.6 Å².